The molecular weight excluding hydrogens is 457 g/mol. The largest absolute Gasteiger partial charge is 0.469 e. The number of aromatic nitrogens is 3. The lowest BCUT2D eigenvalue weighted by molar-refractivity contribution is -0.139. The topological polar surface area (TPSA) is 76.7 Å². The Labute approximate surface area is 203 Å². The third-order valence-corrected chi connectivity index (χ3v) is 4.93. The molecule has 0 fully saturated rings. The van der Waals surface area contributed by atoms with Crippen molar-refractivity contribution < 1.29 is 19.0 Å². The SMILES string of the molecule is CC(C)(C)O.COC(=O)Cc1c(C)nc2cc(-c3cccc(Cl)c3)nn2c1-c1ccc(F)cc1. The summed E-state index contributed by atoms with van der Waals surface area (Å²) in [7, 11) is 1.34. The van der Waals surface area contributed by atoms with Gasteiger partial charge < -0.3 is 9.84 Å². The molecule has 4 rings (SSSR count). The predicted octanol–water partition coefficient (Wildman–Crippen LogP) is 5.66. The molecule has 0 saturated heterocycles. The van der Waals surface area contributed by atoms with E-state index in [1.807, 2.05) is 31.2 Å². The first-order chi connectivity index (χ1) is 16.0. The Morgan fingerprint density at radius 2 is 1.76 bits per heavy atom. The molecule has 0 aliphatic heterocycles. The van der Waals surface area contributed by atoms with Crippen LogP contribution in [-0.4, -0.2) is 38.4 Å². The smallest absolute Gasteiger partial charge is 0.310 e. The average molecular weight is 484 g/mol. The number of benzene rings is 2. The number of nitrogens with zero attached hydrogens (tertiary/aromatic N) is 3. The maximum absolute atomic E-state index is 13.5. The number of ether oxygens (including phenoxy) is 1. The summed E-state index contributed by atoms with van der Waals surface area (Å²) in [4.78, 5) is 16.6. The molecule has 0 saturated carbocycles. The van der Waals surface area contributed by atoms with Crippen molar-refractivity contribution >= 4 is 23.2 Å². The molecular formula is C26H27ClFN3O3. The van der Waals surface area contributed by atoms with Crippen LogP contribution in [0.15, 0.2) is 54.6 Å². The van der Waals surface area contributed by atoms with E-state index in [9.17, 15) is 9.18 Å². The molecule has 0 bridgehead atoms. The first-order valence-corrected chi connectivity index (χ1v) is 11.0. The molecule has 2 aromatic heterocycles. The highest BCUT2D eigenvalue weighted by molar-refractivity contribution is 6.30. The number of esters is 1. The summed E-state index contributed by atoms with van der Waals surface area (Å²) in [5.41, 5.74) is 4.41. The van der Waals surface area contributed by atoms with E-state index in [-0.39, 0.29) is 18.2 Å². The minimum absolute atomic E-state index is 0.0321. The van der Waals surface area contributed by atoms with Crippen molar-refractivity contribution in [2.75, 3.05) is 7.11 Å². The maximum atomic E-state index is 13.5. The molecule has 0 aliphatic carbocycles. The number of aliphatic hydroxyl groups is 1. The van der Waals surface area contributed by atoms with Gasteiger partial charge in [-0.1, -0.05) is 23.7 Å². The van der Waals surface area contributed by atoms with Crippen LogP contribution in [0, 0.1) is 12.7 Å². The Balaban J connectivity index is 0.000000588. The summed E-state index contributed by atoms with van der Waals surface area (Å²) in [5, 5.41) is 13.8. The Hall–Kier alpha value is -3.29. The van der Waals surface area contributed by atoms with Crippen LogP contribution in [-0.2, 0) is 16.0 Å². The molecule has 8 heteroatoms. The van der Waals surface area contributed by atoms with E-state index in [1.54, 1.807) is 43.5 Å². The summed E-state index contributed by atoms with van der Waals surface area (Å²) >= 11 is 6.12. The molecule has 0 radical (unpaired) electrons. The first kappa shape index (κ1) is 25.3. The van der Waals surface area contributed by atoms with Crippen LogP contribution in [0.25, 0.3) is 28.2 Å². The fraction of sp³-hybridized carbons (Fsp3) is 0.269. The van der Waals surface area contributed by atoms with Crippen LogP contribution in [0.2, 0.25) is 5.02 Å². The Bertz CT molecular complexity index is 1310. The average Bonchev–Trinajstić information content (AvgIpc) is 3.17. The first-order valence-electron chi connectivity index (χ1n) is 10.7. The lowest BCUT2D eigenvalue weighted by Crippen LogP contribution is -2.12. The van der Waals surface area contributed by atoms with Crippen LogP contribution >= 0.6 is 11.6 Å². The van der Waals surface area contributed by atoms with Crippen LogP contribution < -0.4 is 0 Å². The van der Waals surface area contributed by atoms with Gasteiger partial charge in [-0.3, -0.25) is 4.79 Å². The fourth-order valence-electron chi connectivity index (χ4n) is 3.28. The van der Waals surface area contributed by atoms with Crippen molar-refractivity contribution in [3.63, 3.8) is 0 Å². The summed E-state index contributed by atoms with van der Waals surface area (Å²) in [5.74, 6) is -0.731. The molecule has 2 heterocycles. The predicted molar refractivity (Wildman–Crippen MR) is 131 cm³/mol. The van der Waals surface area contributed by atoms with Gasteiger partial charge in [-0.05, 0) is 64.1 Å². The molecule has 0 atom stereocenters. The lowest BCUT2D eigenvalue weighted by Gasteiger charge is -2.13. The molecule has 34 heavy (non-hydrogen) atoms. The number of carbonyl (C=O) groups excluding carboxylic acids is 1. The van der Waals surface area contributed by atoms with Gasteiger partial charge in [0.2, 0.25) is 0 Å². The third kappa shape index (κ3) is 6.40. The molecule has 0 unspecified atom stereocenters. The van der Waals surface area contributed by atoms with Crippen molar-refractivity contribution in [1.29, 1.82) is 0 Å². The van der Waals surface area contributed by atoms with E-state index in [0.717, 1.165) is 11.1 Å². The summed E-state index contributed by atoms with van der Waals surface area (Å²) in [6.07, 6.45) is 0.0321. The standard InChI is InChI=1S/C22H17ClFN3O2.C4H10O/c1-13-18(11-21(28)29-2)22(14-6-8-17(24)9-7-14)27-20(25-13)12-19(26-27)15-4-3-5-16(23)10-15;1-4(2,3)5/h3-10,12H,11H2,1-2H3;5H,1-3H3. The summed E-state index contributed by atoms with van der Waals surface area (Å²) in [6, 6.07) is 15.3. The normalized spacial score (nSPS) is 11.2. The number of aryl methyl sites for hydroxylation is 1. The number of carbonyl (C=O) groups is 1. The van der Waals surface area contributed by atoms with E-state index >= 15 is 0 Å². The molecule has 178 valence electrons. The van der Waals surface area contributed by atoms with Crippen molar-refractivity contribution in [3.8, 4) is 22.5 Å². The van der Waals surface area contributed by atoms with Gasteiger partial charge in [0.05, 0.1) is 30.5 Å². The Kier molecular flexibility index (Phi) is 7.69. The Morgan fingerprint density at radius 3 is 2.35 bits per heavy atom. The second-order valence-corrected chi connectivity index (χ2v) is 9.20. The van der Waals surface area contributed by atoms with Gasteiger partial charge in [0.25, 0.3) is 0 Å². The summed E-state index contributed by atoms with van der Waals surface area (Å²) in [6.45, 7) is 7.06. The minimum Gasteiger partial charge on any atom is -0.469 e. The van der Waals surface area contributed by atoms with E-state index in [1.165, 1.54) is 19.2 Å². The molecule has 0 amide bonds. The van der Waals surface area contributed by atoms with Gasteiger partial charge in [-0.2, -0.15) is 5.10 Å². The van der Waals surface area contributed by atoms with Crippen LogP contribution in [0.5, 0.6) is 0 Å². The van der Waals surface area contributed by atoms with Crippen molar-refractivity contribution in [1.82, 2.24) is 14.6 Å². The lowest BCUT2D eigenvalue weighted by atomic mass is 10.0. The number of hydrogen-bond donors (Lipinski definition) is 1. The van der Waals surface area contributed by atoms with Crippen LogP contribution in [0.4, 0.5) is 4.39 Å². The monoisotopic (exact) mass is 483 g/mol. The molecule has 4 aromatic rings. The second kappa shape index (κ2) is 10.3. The Morgan fingerprint density at radius 1 is 1.12 bits per heavy atom. The number of methoxy groups -OCH3 is 1. The quantitative estimate of drug-likeness (QED) is 0.379. The van der Waals surface area contributed by atoms with E-state index in [0.29, 0.717) is 33.3 Å². The number of rotatable bonds is 4. The van der Waals surface area contributed by atoms with Crippen molar-refractivity contribution in [2.24, 2.45) is 0 Å². The zero-order chi connectivity index (χ0) is 25.0. The van der Waals surface area contributed by atoms with E-state index in [4.69, 9.17) is 26.5 Å². The zero-order valence-corrected chi connectivity index (χ0v) is 20.5. The number of halogens is 2. The van der Waals surface area contributed by atoms with Gasteiger partial charge in [-0.15, -0.1) is 0 Å². The molecule has 2 aromatic carbocycles. The molecule has 0 spiro atoms. The highest BCUT2D eigenvalue weighted by Gasteiger charge is 2.20. The van der Waals surface area contributed by atoms with Crippen molar-refractivity contribution in [3.05, 3.63) is 76.7 Å². The second-order valence-electron chi connectivity index (χ2n) is 8.76. The van der Waals surface area contributed by atoms with Gasteiger partial charge in [-0.25, -0.2) is 13.9 Å². The number of hydrogen-bond acceptors (Lipinski definition) is 5. The highest BCUT2D eigenvalue weighted by atomic mass is 35.5. The van der Waals surface area contributed by atoms with Gasteiger partial charge in [0.15, 0.2) is 5.65 Å². The number of fused-ring (bicyclic) bond motifs is 1. The minimum atomic E-state index is -0.500. The van der Waals surface area contributed by atoms with Crippen molar-refractivity contribution in [2.45, 2.75) is 39.7 Å². The third-order valence-electron chi connectivity index (χ3n) is 4.69. The van der Waals surface area contributed by atoms with E-state index in [2.05, 4.69) is 4.98 Å². The molecule has 1 N–H and O–H groups in total. The van der Waals surface area contributed by atoms with Crippen LogP contribution in [0.1, 0.15) is 32.0 Å². The maximum Gasteiger partial charge on any atom is 0.310 e. The molecule has 6 nitrogen and oxygen atoms in total. The zero-order valence-electron chi connectivity index (χ0n) is 19.8. The fourth-order valence-corrected chi connectivity index (χ4v) is 3.47. The van der Waals surface area contributed by atoms with Crippen LogP contribution in [0.3, 0.4) is 0 Å². The summed E-state index contributed by atoms with van der Waals surface area (Å²) < 4.78 is 20.0. The van der Waals surface area contributed by atoms with Gasteiger partial charge in [0, 0.05) is 33.5 Å². The van der Waals surface area contributed by atoms with Gasteiger partial charge in [0.1, 0.15) is 5.82 Å². The molecule has 0 aliphatic rings. The van der Waals surface area contributed by atoms with E-state index < -0.39 is 5.60 Å². The highest BCUT2D eigenvalue weighted by Crippen LogP contribution is 2.30. The van der Waals surface area contributed by atoms with Gasteiger partial charge >= 0.3 is 5.97 Å².